The van der Waals surface area contributed by atoms with Crippen molar-refractivity contribution in [1.82, 2.24) is 0 Å². The molecule has 0 heterocycles. The molecule has 1 N–H and O–H groups in total. The van der Waals surface area contributed by atoms with E-state index >= 15 is 0 Å². The first kappa shape index (κ1) is 11.5. The molecule has 4 nitrogen and oxygen atoms in total. The van der Waals surface area contributed by atoms with Gasteiger partial charge in [0.05, 0.1) is 12.2 Å². The average molecular weight is 202 g/mol. The standard InChI is InChI=1S/C10H18O4/c1-7(10(11)12)14-9-5-3-4-8(6-9)13-2/h7-9H,3-6H2,1-2H3,(H,11,12)/t7-,8?,9?/m1/s1. The first-order chi connectivity index (χ1) is 6.63. The molecule has 3 atom stereocenters. The van der Waals surface area contributed by atoms with Gasteiger partial charge in [0.25, 0.3) is 0 Å². The second-order valence-corrected chi connectivity index (χ2v) is 3.76. The molecule has 4 heteroatoms. The van der Waals surface area contributed by atoms with Gasteiger partial charge in [-0.2, -0.15) is 0 Å². The van der Waals surface area contributed by atoms with Gasteiger partial charge in [-0.3, -0.25) is 0 Å². The van der Waals surface area contributed by atoms with Crippen molar-refractivity contribution in [3.05, 3.63) is 0 Å². The lowest BCUT2D eigenvalue weighted by Crippen LogP contribution is -2.32. The number of carboxylic acids is 1. The van der Waals surface area contributed by atoms with Crippen molar-refractivity contribution in [2.45, 2.75) is 50.9 Å². The van der Waals surface area contributed by atoms with E-state index in [1.165, 1.54) is 0 Å². The number of hydrogen-bond acceptors (Lipinski definition) is 3. The van der Waals surface area contributed by atoms with Crippen molar-refractivity contribution in [2.24, 2.45) is 0 Å². The highest BCUT2D eigenvalue weighted by Gasteiger charge is 2.25. The SMILES string of the molecule is COC1CCCC(O[C@H](C)C(=O)O)C1. The highest BCUT2D eigenvalue weighted by molar-refractivity contribution is 5.71. The number of aliphatic carboxylic acids is 1. The predicted molar refractivity (Wildman–Crippen MR) is 51.2 cm³/mol. The van der Waals surface area contributed by atoms with Gasteiger partial charge in [-0.1, -0.05) is 0 Å². The van der Waals surface area contributed by atoms with E-state index in [0.29, 0.717) is 0 Å². The summed E-state index contributed by atoms with van der Waals surface area (Å²) in [6.45, 7) is 1.57. The van der Waals surface area contributed by atoms with E-state index in [1.54, 1.807) is 14.0 Å². The summed E-state index contributed by atoms with van der Waals surface area (Å²) in [5.41, 5.74) is 0. The summed E-state index contributed by atoms with van der Waals surface area (Å²) < 4.78 is 10.6. The zero-order chi connectivity index (χ0) is 10.6. The van der Waals surface area contributed by atoms with Crippen LogP contribution in [0.15, 0.2) is 0 Å². The van der Waals surface area contributed by atoms with Crippen molar-refractivity contribution in [3.63, 3.8) is 0 Å². The lowest BCUT2D eigenvalue weighted by molar-refractivity contribution is -0.155. The molecule has 0 aromatic heterocycles. The third kappa shape index (κ3) is 3.27. The molecule has 0 aromatic rings. The summed E-state index contributed by atoms with van der Waals surface area (Å²) in [6, 6.07) is 0. The molecule has 0 aromatic carbocycles. The highest BCUT2D eigenvalue weighted by atomic mass is 16.5. The number of carbonyl (C=O) groups is 1. The Morgan fingerprint density at radius 2 is 2.07 bits per heavy atom. The summed E-state index contributed by atoms with van der Waals surface area (Å²) in [7, 11) is 1.69. The third-order valence-corrected chi connectivity index (χ3v) is 2.66. The largest absolute Gasteiger partial charge is 0.479 e. The third-order valence-electron chi connectivity index (χ3n) is 2.66. The second-order valence-electron chi connectivity index (χ2n) is 3.76. The summed E-state index contributed by atoms with van der Waals surface area (Å²) >= 11 is 0. The number of carboxylic acid groups (broad SMARTS) is 1. The fourth-order valence-corrected chi connectivity index (χ4v) is 1.79. The molecule has 82 valence electrons. The summed E-state index contributed by atoms with van der Waals surface area (Å²) in [5.74, 6) is -0.899. The van der Waals surface area contributed by atoms with Crippen LogP contribution in [0, 0.1) is 0 Å². The Kier molecular flexibility index (Phi) is 4.35. The van der Waals surface area contributed by atoms with E-state index in [4.69, 9.17) is 14.6 Å². The average Bonchev–Trinajstić information content (AvgIpc) is 2.18. The maximum absolute atomic E-state index is 10.6. The topological polar surface area (TPSA) is 55.8 Å². The second kappa shape index (κ2) is 5.32. The molecule has 1 saturated carbocycles. The first-order valence-electron chi connectivity index (χ1n) is 5.04. The Hall–Kier alpha value is -0.610. The fraction of sp³-hybridized carbons (Fsp3) is 0.900. The van der Waals surface area contributed by atoms with Crippen LogP contribution in [-0.2, 0) is 14.3 Å². The Morgan fingerprint density at radius 3 is 2.64 bits per heavy atom. The fourth-order valence-electron chi connectivity index (χ4n) is 1.79. The van der Waals surface area contributed by atoms with Gasteiger partial charge in [0, 0.05) is 7.11 Å². The van der Waals surface area contributed by atoms with Crippen molar-refractivity contribution in [1.29, 1.82) is 0 Å². The molecule has 0 aliphatic heterocycles. The van der Waals surface area contributed by atoms with Crippen LogP contribution in [0.3, 0.4) is 0 Å². The van der Waals surface area contributed by atoms with Crippen molar-refractivity contribution in [2.75, 3.05) is 7.11 Å². The van der Waals surface area contributed by atoms with Gasteiger partial charge < -0.3 is 14.6 Å². The molecule has 1 fully saturated rings. The van der Waals surface area contributed by atoms with Gasteiger partial charge in [0.2, 0.25) is 0 Å². The van der Waals surface area contributed by atoms with Gasteiger partial charge in [0.1, 0.15) is 0 Å². The van der Waals surface area contributed by atoms with Gasteiger partial charge in [-0.15, -0.1) is 0 Å². The lowest BCUT2D eigenvalue weighted by Gasteiger charge is -2.29. The van der Waals surface area contributed by atoms with Gasteiger partial charge in [0.15, 0.2) is 6.10 Å². The van der Waals surface area contributed by atoms with E-state index in [1.807, 2.05) is 0 Å². The van der Waals surface area contributed by atoms with E-state index in [0.717, 1.165) is 25.7 Å². The van der Waals surface area contributed by atoms with Crippen LogP contribution in [0.5, 0.6) is 0 Å². The molecule has 1 rings (SSSR count). The Labute approximate surface area is 84.2 Å². The predicted octanol–water partition coefficient (Wildman–Crippen LogP) is 1.43. The Balaban J connectivity index is 2.33. The number of methoxy groups -OCH3 is 1. The monoisotopic (exact) mass is 202 g/mol. The molecule has 1 aliphatic rings. The quantitative estimate of drug-likeness (QED) is 0.749. The van der Waals surface area contributed by atoms with E-state index in [9.17, 15) is 4.79 Å². The minimum absolute atomic E-state index is 0.0415. The van der Waals surface area contributed by atoms with Crippen LogP contribution >= 0.6 is 0 Å². The maximum Gasteiger partial charge on any atom is 0.332 e. The van der Waals surface area contributed by atoms with Crippen LogP contribution in [0.25, 0.3) is 0 Å². The lowest BCUT2D eigenvalue weighted by atomic mass is 9.95. The summed E-state index contributed by atoms with van der Waals surface area (Å²) in [4.78, 5) is 10.6. The zero-order valence-corrected chi connectivity index (χ0v) is 8.73. The van der Waals surface area contributed by atoms with E-state index < -0.39 is 12.1 Å². The van der Waals surface area contributed by atoms with Crippen molar-refractivity contribution in [3.8, 4) is 0 Å². The molecule has 0 amide bonds. The van der Waals surface area contributed by atoms with Crippen LogP contribution < -0.4 is 0 Å². The van der Waals surface area contributed by atoms with Crippen LogP contribution in [-0.4, -0.2) is 36.5 Å². The van der Waals surface area contributed by atoms with E-state index in [2.05, 4.69) is 0 Å². The zero-order valence-electron chi connectivity index (χ0n) is 8.73. The molecular formula is C10H18O4. The molecule has 0 radical (unpaired) electrons. The highest BCUT2D eigenvalue weighted by Crippen LogP contribution is 2.23. The van der Waals surface area contributed by atoms with E-state index in [-0.39, 0.29) is 12.2 Å². The first-order valence-corrected chi connectivity index (χ1v) is 5.04. The number of rotatable bonds is 4. The van der Waals surface area contributed by atoms with Gasteiger partial charge >= 0.3 is 5.97 Å². The molecular weight excluding hydrogens is 184 g/mol. The summed E-state index contributed by atoms with van der Waals surface area (Å²) in [5, 5.41) is 8.68. The molecule has 0 saturated heterocycles. The van der Waals surface area contributed by atoms with Crippen LogP contribution in [0.4, 0.5) is 0 Å². The number of ether oxygens (including phenoxy) is 2. The molecule has 14 heavy (non-hydrogen) atoms. The molecule has 0 spiro atoms. The maximum atomic E-state index is 10.6. The van der Waals surface area contributed by atoms with Crippen molar-refractivity contribution < 1.29 is 19.4 Å². The normalized spacial score (nSPS) is 29.9. The Morgan fingerprint density at radius 1 is 1.43 bits per heavy atom. The van der Waals surface area contributed by atoms with Crippen LogP contribution in [0.1, 0.15) is 32.6 Å². The molecule has 2 unspecified atom stereocenters. The van der Waals surface area contributed by atoms with Gasteiger partial charge in [-0.25, -0.2) is 4.79 Å². The minimum atomic E-state index is -0.899. The molecule has 1 aliphatic carbocycles. The van der Waals surface area contributed by atoms with Crippen molar-refractivity contribution >= 4 is 5.97 Å². The number of hydrogen-bond donors (Lipinski definition) is 1. The van der Waals surface area contributed by atoms with Crippen LogP contribution in [0.2, 0.25) is 0 Å². The Bertz CT molecular complexity index is 193. The van der Waals surface area contributed by atoms with Gasteiger partial charge in [-0.05, 0) is 32.6 Å². The summed E-state index contributed by atoms with van der Waals surface area (Å²) in [6.07, 6.45) is 3.42. The minimum Gasteiger partial charge on any atom is -0.479 e. The molecule has 0 bridgehead atoms. The smallest absolute Gasteiger partial charge is 0.332 e.